The van der Waals surface area contributed by atoms with Gasteiger partial charge in [-0.25, -0.2) is 0 Å². The maximum atomic E-state index is 10.2. The van der Waals surface area contributed by atoms with Gasteiger partial charge in [0.05, 0.1) is 0 Å². The van der Waals surface area contributed by atoms with Crippen LogP contribution in [0.3, 0.4) is 0 Å². The lowest BCUT2D eigenvalue weighted by molar-refractivity contribution is 0.453. The second-order valence-corrected chi connectivity index (χ2v) is 4.66. The molecule has 0 unspecified atom stereocenters. The van der Waals surface area contributed by atoms with E-state index in [2.05, 4.69) is 12.1 Å². The molecule has 0 fully saturated rings. The molecule has 0 bridgehead atoms. The normalized spacial score (nSPS) is 14.8. The lowest BCUT2D eigenvalue weighted by atomic mass is 9.88. The van der Waals surface area contributed by atoms with Crippen LogP contribution in [-0.2, 0) is 19.3 Å². The van der Waals surface area contributed by atoms with E-state index in [0.717, 1.165) is 44.2 Å². The van der Waals surface area contributed by atoms with Crippen molar-refractivity contribution in [2.45, 2.75) is 44.9 Å². The number of aryl methyl sites for hydroxylation is 2. The number of unbranched alkanes of at least 4 members (excludes halogenated alkanes) is 1. The predicted molar refractivity (Wildman–Crippen MR) is 66.7 cm³/mol. The number of phenolic OH excluding ortho intramolecular Hbond substituents is 1. The highest BCUT2D eigenvalue weighted by Gasteiger charge is 2.15. The van der Waals surface area contributed by atoms with Gasteiger partial charge in [-0.3, -0.25) is 0 Å². The molecule has 0 aromatic heterocycles. The highest BCUT2D eigenvalue weighted by molar-refractivity contribution is 5.46. The van der Waals surface area contributed by atoms with Crippen LogP contribution in [0.15, 0.2) is 12.1 Å². The van der Waals surface area contributed by atoms with Crippen LogP contribution < -0.4 is 5.73 Å². The molecule has 1 aliphatic carbocycles. The van der Waals surface area contributed by atoms with Gasteiger partial charge in [0.25, 0.3) is 0 Å². The number of aromatic hydroxyl groups is 1. The summed E-state index contributed by atoms with van der Waals surface area (Å²) in [7, 11) is 0. The van der Waals surface area contributed by atoms with Crippen molar-refractivity contribution in [2.75, 3.05) is 6.54 Å². The molecule has 1 aliphatic rings. The van der Waals surface area contributed by atoms with E-state index in [-0.39, 0.29) is 0 Å². The average Bonchev–Trinajstić information content (AvgIpc) is 2.33. The third-order valence-electron chi connectivity index (χ3n) is 3.49. The minimum Gasteiger partial charge on any atom is -0.507 e. The van der Waals surface area contributed by atoms with E-state index in [1.54, 1.807) is 0 Å². The molecule has 0 saturated heterocycles. The van der Waals surface area contributed by atoms with Crippen molar-refractivity contribution in [2.24, 2.45) is 5.73 Å². The summed E-state index contributed by atoms with van der Waals surface area (Å²) in [5, 5.41) is 10.2. The SMILES string of the molecule is NCCCCc1ccc2c(c1O)CCCC2. The summed E-state index contributed by atoms with van der Waals surface area (Å²) in [6.07, 6.45) is 7.72. The summed E-state index contributed by atoms with van der Waals surface area (Å²) in [6, 6.07) is 4.29. The van der Waals surface area contributed by atoms with Crippen molar-refractivity contribution in [3.8, 4) is 5.75 Å². The molecule has 16 heavy (non-hydrogen) atoms. The fourth-order valence-electron chi connectivity index (χ4n) is 2.52. The van der Waals surface area contributed by atoms with Crippen LogP contribution in [0, 0.1) is 0 Å². The summed E-state index contributed by atoms with van der Waals surface area (Å²) in [4.78, 5) is 0. The number of phenols is 1. The molecule has 0 atom stereocenters. The minimum absolute atomic E-state index is 0.564. The first-order chi connectivity index (χ1) is 7.83. The van der Waals surface area contributed by atoms with Crippen molar-refractivity contribution >= 4 is 0 Å². The van der Waals surface area contributed by atoms with Gasteiger partial charge in [-0.15, -0.1) is 0 Å². The molecular weight excluding hydrogens is 198 g/mol. The van der Waals surface area contributed by atoms with Crippen LogP contribution in [0.4, 0.5) is 0 Å². The third-order valence-corrected chi connectivity index (χ3v) is 3.49. The molecule has 2 rings (SSSR count). The molecule has 1 aromatic rings. The van der Waals surface area contributed by atoms with Crippen LogP contribution in [0.25, 0.3) is 0 Å². The van der Waals surface area contributed by atoms with Gasteiger partial charge in [-0.1, -0.05) is 12.1 Å². The number of fused-ring (bicyclic) bond motifs is 1. The summed E-state index contributed by atoms with van der Waals surface area (Å²) < 4.78 is 0. The van der Waals surface area contributed by atoms with E-state index in [0.29, 0.717) is 5.75 Å². The molecular formula is C14H21NO. The van der Waals surface area contributed by atoms with Crippen molar-refractivity contribution in [1.82, 2.24) is 0 Å². The van der Waals surface area contributed by atoms with Gasteiger partial charge >= 0.3 is 0 Å². The molecule has 0 aliphatic heterocycles. The first-order valence-electron chi connectivity index (χ1n) is 6.35. The Morgan fingerprint density at radius 3 is 2.75 bits per heavy atom. The fraction of sp³-hybridized carbons (Fsp3) is 0.571. The molecule has 1 aromatic carbocycles. The summed E-state index contributed by atoms with van der Waals surface area (Å²) in [6.45, 7) is 0.742. The number of hydrogen-bond donors (Lipinski definition) is 2. The Bertz CT molecular complexity index is 360. The standard InChI is InChI=1S/C14H21NO/c15-10-4-3-6-12-9-8-11-5-1-2-7-13(11)14(12)16/h8-9,16H,1-7,10,15H2. The number of rotatable bonds is 4. The molecule has 0 saturated carbocycles. The summed E-state index contributed by atoms with van der Waals surface area (Å²) in [5.41, 5.74) is 9.14. The fourth-order valence-corrected chi connectivity index (χ4v) is 2.52. The zero-order valence-electron chi connectivity index (χ0n) is 9.84. The Kier molecular flexibility index (Phi) is 3.83. The zero-order chi connectivity index (χ0) is 11.4. The molecule has 0 spiro atoms. The van der Waals surface area contributed by atoms with Gasteiger partial charge in [-0.2, -0.15) is 0 Å². The highest BCUT2D eigenvalue weighted by atomic mass is 16.3. The van der Waals surface area contributed by atoms with Gasteiger partial charge in [0.1, 0.15) is 5.75 Å². The average molecular weight is 219 g/mol. The highest BCUT2D eigenvalue weighted by Crippen LogP contribution is 2.32. The Morgan fingerprint density at radius 2 is 1.94 bits per heavy atom. The van der Waals surface area contributed by atoms with Gasteiger partial charge in [-0.05, 0) is 68.2 Å². The lowest BCUT2D eigenvalue weighted by Crippen LogP contribution is -2.05. The van der Waals surface area contributed by atoms with Crippen LogP contribution >= 0.6 is 0 Å². The second-order valence-electron chi connectivity index (χ2n) is 4.66. The van der Waals surface area contributed by atoms with Gasteiger partial charge in [0, 0.05) is 0 Å². The molecule has 2 nitrogen and oxygen atoms in total. The van der Waals surface area contributed by atoms with Crippen molar-refractivity contribution in [3.05, 3.63) is 28.8 Å². The van der Waals surface area contributed by atoms with Crippen LogP contribution in [0.5, 0.6) is 5.75 Å². The largest absolute Gasteiger partial charge is 0.507 e. The maximum Gasteiger partial charge on any atom is 0.122 e. The monoisotopic (exact) mass is 219 g/mol. The first-order valence-corrected chi connectivity index (χ1v) is 6.35. The predicted octanol–water partition coefficient (Wildman–Crippen LogP) is 2.55. The molecule has 88 valence electrons. The minimum atomic E-state index is 0.564. The third kappa shape index (κ3) is 2.38. The van der Waals surface area contributed by atoms with Gasteiger partial charge < -0.3 is 10.8 Å². The smallest absolute Gasteiger partial charge is 0.122 e. The molecule has 0 heterocycles. The molecule has 0 amide bonds. The summed E-state index contributed by atoms with van der Waals surface area (Å²) in [5.74, 6) is 0.564. The van der Waals surface area contributed by atoms with Gasteiger partial charge in [0.2, 0.25) is 0 Å². The van der Waals surface area contributed by atoms with E-state index in [1.807, 2.05) is 0 Å². The number of nitrogens with two attached hydrogens (primary N) is 1. The van der Waals surface area contributed by atoms with Crippen LogP contribution in [0.2, 0.25) is 0 Å². The van der Waals surface area contributed by atoms with Crippen molar-refractivity contribution < 1.29 is 5.11 Å². The zero-order valence-corrected chi connectivity index (χ0v) is 9.84. The van der Waals surface area contributed by atoms with Crippen LogP contribution in [0.1, 0.15) is 42.4 Å². The molecule has 0 radical (unpaired) electrons. The van der Waals surface area contributed by atoms with Gasteiger partial charge in [0.15, 0.2) is 0 Å². The lowest BCUT2D eigenvalue weighted by Gasteiger charge is -2.19. The van der Waals surface area contributed by atoms with Crippen LogP contribution in [-0.4, -0.2) is 11.7 Å². The Morgan fingerprint density at radius 1 is 1.12 bits per heavy atom. The number of benzene rings is 1. The quantitative estimate of drug-likeness (QED) is 0.764. The molecule has 3 N–H and O–H groups in total. The van der Waals surface area contributed by atoms with Crippen molar-refractivity contribution in [3.63, 3.8) is 0 Å². The topological polar surface area (TPSA) is 46.2 Å². The second kappa shape index (κ2) is 5.35. The van der Waals surface area contributed by atoms with Crippen molar-refractivity contribution in [1.29, 1.82) is 0 Å². The van der Waals surface area contributed by atoms with E-state index in [4.69, 9.17) is 5.73 Å². The number of hydrogen-bond acceptors (Lipinski definition) is 2. The summed E-state index contributed by atoms with van der Waals surface area (Å²) >= 11 is 0. The Hall–Kier alpha value is -1.02. The molecule has 2 heteroatoms. The van der Waals surface area contributed by atoms with E-state index < -0.39 is 0 Å². The Labute approximate surface area is 97.5 Å². The maximum absolute atomic E-state index is 10.2. The van der Waals surface area contributed by atoms with E-state index in [9.17, 15) is 5.11 Å². The van der Waals surface area contributed by atoms with E-state index in [1.165, 1.54) is 24.0 Å². The Balaban J connectivity index is 2.14. The first kappa shape index (κ1) is 11.5. The van der Waals surface area contributed by atoms with E-state index >= 15 is 0 Å².